The van der Waals surface area contributed by atoms with Gasteiger partial charge in [0.1, 0.15) is 24.0 Å². The van der Waals surface area contributed by atoms with Crippen LogP contribution in [0.5, 0.6) is 5.75 Å². The first-order valence-electron chi connectivity index (χ1n) is 11.3. The highest BCUT2D eigenvalue weighted by Gasteiger charge is 2.30. The summed E-state index contributed by atoms with van der Waals surface area (Å²) in [4.78, 5) is 37.0. The fraction of sp³-hybridized carbons (Fsp3) is 0.308. The molecule has 1 aromatic carbocycles. The van der Waals surface area contributed by atoms with Crippen LogP contribution in [-0.4, -0.2) is 48.9 Å². The second-order valence-corrected chi connectivity index (χ2v) is 8.04. The van der Waals surface area contributed by atoms with Gasteiger partial charge in [0, 0.05) is 17.1 Å². The number of benzene rings is 1. The number of carbonyl (C=O) groups excluding carboxylic acids is 3. The topological polar surface area (TPSA) is 132 Å². The molecule has 36 heavy (non-hydrogen) atoms. The minimum absolute atomic E-state index is 0.105. The average molecular weight is 493 g/mol. The number of ether oxygens (including phenoxy) is 3. The van der Waals surface area contributed by atoms with Gasteiger partial charge in [0.25, 0.3) is 0 Å². The number of hydrogen-bond donors (Lipinski definition) is 2. The minimum atomic E-state index is -0.886. The van der Waals surface area contributed by atoms with Crippen molar-refractivity contribution in [3.05, 3.63) is 64.1 Å². The van der Waals surface area contributed by atoms with Gasteiger partial charge in [-0.1, -0.05) is 0 Å². The summed E-state index contributed by atoms with van der Waals surface area (Å²) in [5, 5.41) is 14.7. The molecule has 3 rings (SSSR count). The monoisotopic (exact) mass is 492 g/mol. The van der Waals surface area contributed by atoms with Gasteiger partial charge in [0.2, 0.25) is 0 Å². The van der Waals surface area contributed by atoms with Crippen molar-refractivity contribution in [2.75, 3.05) is 20.3 Å². The summed E-state index contributed by atoms with van der Waals surface area (Å²) in [5.74, 6) is -0.787. The number of amides is 2. The number of urea groups is 1. The van der Waals surface area contributed by atoms with Gasteiger partial charge in [-0.25, -0.2) is 14.4 Å². The third kappa shape index (κ3) is 5.58. The van der Waals surface area contributed by atoms with Gasteiger partial charge >= 0.3 is 18.0 Å². The van der Waals surface area contributed by atoms with Crippen molar-refractivity contribution in [2.45, 2.75) is 33.7 Å². The first-order valence-corrected chi connectivity index (χ1v) is 11.3. The van der Waals surface area contributed by atoms with Gasteiger partial charge in [0.15, 0.2) is 0 Å². The Morgan fingerprint density at radius 3 is 2.50 bits per heavy atom. The number of hydrogen-bond acceptors (Lipinski definition) is 7. The van der Waals surface area contributed by atoms with E-state index in [0.717, 1.165) is 22.8 Å². The van der Waals surface area contributed by atoms with Crippen molar-refractivity contribution in [2.24, 2.45) is 0 Å². The second-order valence-electron chi connectivity index (χ2n) is 8.04. The van der Waals surface area contributed by atoms with Crippen LogP contribution in [0.1, 0.15) is 30.8 Å². The summed E-state index contributed by atoms with van der Waals surface area (Å²) in [6, 6.07) is 10.1. The molecular weight excluding hydrogens is 464 g/mol. The first kappa shape index (κ1) is 26.1. The van der Waals surface area contributed by atoms with E-state index in [-0.39, 0.29) is 23.5 Å². The molecule has 0 radical (unpaired) electrons. The third-order valence-corrected chi connectivity index (χ3v) is 5.65. The quantitative estimate of drug-likeness (QED) is 0.329. The van der Waals surface area contributed by atoms with Crippen LogP contribution in [0.2, 0.25) is 0 Å². The number of rotatable bonds is 8. The number of esters is 2. The molecule has 0 aliphatic carbocycles. The second kappa shape index (κ2) is 11.3. The lowest BCUT2D eigenvalue weighted by Gasteiger charge is -2.26. The zero-order valence-corrected chi connectivity index (χ0v) is 20.8. The molecule has 10 nitrogen and oxygen atoms in total. The minimum Gasteiger partial charge on any atom is -0.497 e. The van der Waals surface area contributed by atoms with Crippen molar-refractivity contribution in [1.82, 2.24) is 15.2 Å². The van der Waals surface area contributed by atoms with Crippen LogP contribution in [0.15, 0.2) is 47.2 Å². The van der Waals surface area contributed by atoms with Crippen molar-refractivity contribution in [3.63, 3.8) is 0 Å². The lowest BCUT2D eigenvalue weighted by atomic mass is 10.0. The Kier molecular flexibility index (Phi) is 8.17. The Balaban J connectivity index is 1.84. The van der Waals surface area contributed by atoms with E-state index in [4.69, 9.17) is 14.2 Å². The molecule has 0 bridgehead atoms. The largest absolute Gasteiger partial charge is 0.497 e. The molecule has 1 aromatic heterocycles. The molecule has 1 unspecified atom stereocenters. The van der Waals surface area contributed by atoms with Crippen molar-refractivity contribution in [1.29, 1.82) is 5.26 Å². The Hall–Kier alpha value is -4.52. The maximum absolute atomic E-state index is 12.7. The smallest absolute Gasteiger partial charge is 0.349 e. The van der Waals surface area contributed by atoms with Gasteiger partial charge < -0.3 is 29.4 Å². The van der Waals surface area contributed by atoms with E-state index in [1.54, 1.807) is 21.0 Å². The lowest BCUT2D eigenvalue weighted by molar-refractivity contribution is -0.140. The van der Waals surface area contributed by atoms with E-state index in [0.29, 0.717) is 5.56 Å². The Bertz CT molecular complexity index is 1280. The summed E-state index contributed by atoms with van der Waals surface area (Å²) in [6.45, 7) is 6.81. The number of nitrogens with zero attached hydrogens (tertiary/aromatic N) is 2. The average Bonchev–Trinajstić information content (AvgIpc) is 3.13. The number of nitrogens with one attached hydrogen (secondary N) is 2. The molecule has 0 saturated heterocycles. The molecule has 1 aliphatic heterocycles. The first-order chi connectivity index (χ1) is 17.2. The molecule has 0 saturated carbocycles. The predicted octanol–water partition coefficient (Wildman–Crippen LogP) is 3.07. The Labute approximate surface area is 209 Å². The van der Waals surface area contributed by atoms with E-state index in [1.165, 1.54) is 6.08 Å². The van der Waals surface area contributed by atoms with Gasteiger partial charge in [-0.15, -0.1) is 0 Å². The van der Waals surface area contributed by atoms with Crippen LogP contribution < -0.4 is 15.4 Å². The predicted molar refractivity (Wildman–Crippen MR) is 131 cm³/mol. The molecule has 1 atom stereocenters. The van der Waals surface area contributed by atoms with Gasteiger partial charge in [0.05, 0.1) is 31.0 Å². The zero-order chi connectivity index (χ0) is 26.4. The number of methoxy groups -OCH3 is 1. The Morgan fingerprint density at radius 2 is 1.89 bits per heavy atom. The van der Waals surface area contributed by atoms with E-state index in [1.807, 2.05) is 54.8 Å². The molecule has 10 heteroatoms. The number of carbonyl (C=O) groups is 3. The molecule has 1 aliphatic rings. The maximum atomic E-state index is 12.7. The normalized spacial score (nSPS) is 15.5. The number of aryl methyl sites for hydroxylation is 1. The van der Waals surface area contributed by atoms with Gasteiger partial charge in [-0.3, -0.25) is 0 Å². The van der Waals surface area contributed by atoms with Gasteiger partial charge in [-0.05, 0) is 69.7 Å². The Morgan fingerprint density at radius 1 is 1.19 bits per heavy atom. The zero-order valence-electron chi connectivity index (χ0n) is 20.8. The molecule has 0 fully saturated rings. The van der Waals surface area contributed by atoms with E-state index in [9.17, 15) is 19.6 Å². The van der Waals surface area contributed by atoms with Crippen LogP contribution in [0.4, 0.5) is 4.79 Å². The summed E-state index contributed by atoms with van der Waals surface area (Å²) in [5.41, 5.74) is 3.34. The van der Waals surface area contributed by atoms with Crippen LogP contribution in [-0.2, 0) is 19.1 Å². The van der Waals surface area contributed by atoms with Crippen molar-refractivity contribution in [3.8, 4) is 17.5 Å². The summed E-state index contributed by atoms with van der Waals surface area (Å²) in [7, 11) is 1.60. The summed E-state index contributed by atoms with van der Waals surface area (Å²) >= 11 is 0. The molecule has 2 heterocycles. The summed E-state index contributed by atoms with van der Waals surface area (Å²) < 4.78 is 17.5. The third-order valence-electron chi connectivity index (χ3n) is 5.65. The SMILES string of the molecule is CCOC(=O)C1=C(COC(=O)/C(C#N)=C/c2cc(C)n(-c3ccc(OC)cc3)c2C)NC(=O)NC1C. The van der Waals surface area contributed by atoms with Crippen LogP contribution in [0.25, 0.3) is 11.8 Å². The van der Waals surface area contributed by atoms with Crippen molar-refractivity contribution < 1.29 is 28.6 Å². The van der Waals surface area contributed by atoms with Crippen LogP contribution in [0.3, 0.4) is 0 Å². The highest BCUT2D eigenvalue weighted by molar-refractivity contribution is 5.98. The lowest BCUT2D eigenvalue weighted by Crippen LogP contribution is -2.50. The van der Waals surface area contributed by atoms with E-state index < -0.39 is 30.6 Å². The van der Waals surface area contributed by atoms with Crippen LogP contribution >= 0.6 is 0 Å². The van der Waals surface area contributed by atoms with E-state index >= 15 is 0 Å². The van der Waals surface area contributed by atoms with E-state index in [2.05, 4.69) is 10.6 Å². The summed E-state index contributed by atoms with van der Waals surface area (Å²) in [6.07, 6.45) is 1.45. The highest BCUT2D eigenvalue weighted by Crippen LogP contribution is 2.24. The van der Waals surface area contributed by atoms with Crippen LogP contribution in [0, 0.1) is 25.2 Å². The molecule has 2 aromatic rings. The molecule has 2 amide bonds. The fourth-order valence-electron chi connectivity index (χ4n) is 3.96. The maximum Gasteiger partial charge on any atom is 0.349 e. The number of nitriles is 1. The highest BCUT2D eigenvalue weighted by atomic mass is 16.5. The fourth-order valence-corrected chi connectivity index (χ4v) is 3.96. The van der Waals surface area contributed by atoms with Gasteiger partial charge in [-0.2, -0.15) is 5.26 Å². The van der Waals surface area contributed by atoms with Crippen molar-refractivity contribution >= 4 is 24.0 Å². The number of aromatic nitrogens is 1. The molecular formula is C26H28N4O6. The standard InChI is InChI=1S/C26H28N4O6/c1-6-35-25(32)23-16(3)28-26(33)29-22(23)14-36-24(31)19(13-27)12-18-11-15(2)30(17(18)4)20-7-9-21(34-5)10-8-20/h7-12,16H,6,14H2,1-5H3,(H2,28,29,33)/b19-12+. The molecule has 0 spiro atoms. The molecule has 2 N–H and O–H groups in total. The molecule has 188 valence electrons.